The van der Waals surface area contributed by atoms with E-state index in [1.165, 1.54) is 30.5 Å². The molecule has 2 heterocycles. The predicted molar refractivity (Wildman–Crippen MR) is 88.7 cm³/mol. The lowest BCUT2D eigenvalue weighted by atomic mass is 9.90. The molecule has 0 bridgehead atoms. The maximum absolute atomic E-state index is 14.0. The molecule has 1 aromatic heterocycles. The zero-order valence-electron chi connectivity index (χ0n) is 13.2. The lowest BCUT2D eigenvalue weighted by molar-refractivity contribution is -0.261. The Morgan fingerprint density at radius 1 is 1.26 bits per heavy atom. The minimum absolute atomic E-state index is 0.0466. The second-order valence-corrected chi connectivity index (χ2v) is 7.67. The summed E-state index contributed by atoms with van der Waals surface area (Å²) in [6.45, 7) is -1.30. The van der Waals surface area contributed by atoms with Gasteiger partial charge in [-0.1, -0.05) is 17.7 Å². The van der Waals surface area contributed by atoms with Gasteiger partial charge in [-0.25, -0.2) is 22.9 Å². The van der Waals surface area contributed by atoms with Gasteiger partial charge in [0.25, 0.3) is 10.0 Å². The van der Waals surface area contributed by atoms with Crippen LogP contribution in [0.2, 0.25) is 5.02 Å². The Morgan fingerprint density at radius 2 is 2.00 bits per heavy atom. The number of rotatable bonds is 4. The molecule has 0 aliphatic carbocycles. The van der Waals surface area contributed by atoms with E-state index in [1.54, 1.807) is 0 Å². The molecule has 27 heavy (non-hydrogen) atoms. The van der Waals surface area contributed by atoms with Crippen molar-refractivity contribution in [3.63, 3.8) is 0 Å². The van der Waals surface area contributed by atoms with Gasteiger partial charge in [0.1, 0.15) is 0 Å². The van der Waals surface area contributed by atoms with Gasteiger partial charge in [-0.2, -0.15) is 13.2 Å². The number of cyclic esters (lactones) is 1. The summed E-state index contributed by atoms with van der Waals surface area (Å²) in [5.74, 6) is 0. The molecule has 1 aliphatic heterocycles. The fourth-order valence-corrected chi connectivity index (χ4v) is 3.70. The van der Waals surface area contributed by atoms with Gasteiger partial charge in [-0.05, 0) is 30.3 Å². The van der Waals surface area contributed by atoms with Gasteiger partial charge in [-0.3, -0.25) is 5.32 Å². The molecule has 7 nitrogen and oxygen atoms in total. The normalized spacial score (nSPS) is 19.8. The van der Waals surface area contributed by atoms with E-state index in [0.29, 0.717) is 0 Å². The average Bonchev–Trinajstić information content (AvgIpc) is 2.60. The number of halogens is 4. The first-order chi connectivity index (χ1) is 12.6. The van der Waals surface area contributed by atoms with E-state index < -0.39 is 45.0 Å². The van der Waals surface area contributed by atoms with E-state index >= 15 is 0 Å². The molecule has 3 rings (SSSR count). The Kier molecular flexibility index (Phi) is 4.78. The third-order valence-corrected chi connectivity index (χ3v) is 5.35. The van der Waals surface area contributed by atoms with Crippen LogP contribution < -0.4 is 10.0 Å². The quantitative estimate of drug-likeness (QED) is 0.790. The molecule has 0 saturated carbocycles. The van der Waals surface area contributed by atoms with Crippen LogP contribution in [-0.4, -0.2) is 32.2 Å². The zero-order valence-corrected chi connectivity index (χ0v) is 14.8. The summed E-state index contributed by atoms with van der Waals surface area (Å²) in [7, 11) is -4.39. The SMILES string of the molecule is O=C1Nc2ccc(Cl)cc2C(CNS(=O)(=O)c2ccccn2)(C(F)(F)F)O1. The van der Waals surface area contributed by atoms with Crippen LogP contribution in [0.1, 0.15) is 5.56 Å². The highest BCUT2D eigenvalue weighted by Gasteiger charge is 2.62. The minimum atomic E-state index is -5.14. The predicted octanol–water partition coefficient (Wildman–Crippen LogP) is 3.03. The van der Waals surface area contributed by atoms with Gasteiger partial charge in [0.2, 0.25) is 5.60 Å². The number of carbonyl (C=O) groups is 1. The molecule has 1 aliphatic rings. The van der Waals surface area contributed by atoms with Crippen LogP contribution in [0.25, 0.3) is 0 Å². The van der Waals surface area contributed by atoms with Crippen LogP contribution in [0.4, 0.5) is 23.7 Å². The van der Waals surface area contributed by atoms with Crippen molar-refractivity contribution >= 4 is 33.4 Å². The molecule has 2 N–H and O–H groups in total. The number of hydrogen-bond donors (Lipinski definition) is 2. The fourth-order valence-electron chi connectivity index (χ4n) is 2.53. The van der Waals surface area contributed by atoms with Gasteiger partial charge in [-0.15, -0.1) is 0 Å². The van der Waals surface area contributed by atoms with Crippen LogP contribution in [0.3, 0.4) is 0 Å². The van der Waals surface area contributed by atoms with Crippen molar-refractivity contribution in [1.29, 1.82) is 0 Å². The smallest absolute Gasteiger partial charge is 0.426 e. The number of carbonyl (C=O) groups excluding carboxylic acids is 1. The molecular formula is C15H11ClF3N3O4S. The van der Waals surface area contributed by atoms with Crippen LogP contribution in [0, 0.1) is 0 Å². The number of anilines is 1. The summed E-state index contributed by atoms with van der Waals surface area (Å²) in [4.78, 5) is 15.3. The minimum Gasteiger partial charge on any atom is -0.426 e. The molecule has 1 aromatic carbocycles. The van der Waals surface area contributed by atoms with Crippen molar-refractivity contribution in [3.8, 4) is 0 Å². The summed E-state index contributed by atoms with van der Waals surface area (Å²) < 4.78 is 72.8. The molecule has 0 fully saturated rings. The number of pyridine rings is 1. The first-order valence-electron chi connectivity index (χ1n) is 7.33. The van der Waals surface area contributed by atoms with Crippen molar-refractivity contribution in [2.75, 3.05) is 11.9 Å². The van der Waals surface area contributed by atoms with Crippen molar-refractivity contribution < 1.29 is 31.1 Å². The highest BCUT2D eigenvalue weighted by Crippen LogP contribution is 2.47. The third kappa shape index (κ3) is 3.57. The first kappa shape index (κ1) is 19.4. The molecule has 0 radical (unpaired) electrons. The molecule has 1 amide bonds. The number of nitrogens with zero attached hydrogens (tertiary/aromatic N) is 1. The Morgan fingerprint density at radius 3 is 2.63 bits per heavy atom. The topological polar surface area (TPSA) is 97.4 Å². The van der Waals surface area contributed by atoms with Crippen molar-refractivity contribution in [3.05, 3.63) is 53.2 Å². The zero-order chi connectivity index (χ0) is 19.9. The number of aromatic nitrogens is 1. The molecule has 0 saturated heterocycles. The van der Waals surface area contributed by atoms with Gasteiger partial charge in [0.15, 0.2) is 5.03 Å². The molecule has 0 spiro atoms. The highest BCUT2D eigenvalue weighted by atomic mass is 35.5. The van der Waals surface area contributed by atoms with Crippen LogP contribution in [0.15, 0.2) is 47.6 Å². The summed E-state index contributed by atoms with van der Waals surface area (Å²) in [6.07, 6.45) is -5.34. The van der Waals surface area contributed by atoms with E-state index in [9.17, 15) is 26.4 Å². The summed E-state index contributed by atoms with van der Waals surface area (Å²) in [5.41, 5.74) is -3.98. The summed E-state index contributed by atoms with van der Waals surface area (Å²) in [5, 5.41) is 1.61. The maximum atomic E-state index is 14.0. The molecule has 2 aromatic rings. The van der Waals surface area contributed by atoms with Crippen LogP contribution >= 0.6 is 11.6 Å². The van der Waals surface area contributed by atoms with Gasteiger partial charge in [0, 0.05) is 16.8 Å². The Hall–Kier alpha value is -2.37. The van der Waals surface area contributed by atoms with E-state index in [-0.39, 0.29) is 10.7 Å². The highest BCUT2D eigenvalue weighted by molar-refractivity contribution is 7.89. The van der Waals surface area contributed by atoms with E-state index in [0.717, 1.165) is 12.1 Å². The number of fused-ring (bicyclic) bond motifs is 1. The average molecular weight is 422 g/mol. The largest absolute Gasteiger partial charge is 0.434 e. The number of sulfonamides is 1. The van der Waals surface area contributed by atoms with Crippen molar-refractivity contribution in [2.45, 2.75) is 16.8 Å². The second-order valence-electron chi connectivity index (χ2n) is 5.52. The van der Waals surface area contributed by atoms with Gasteiger partial charge < -0.3 is 4.74 Å². The number of alkyl halides is 3. The van der Waals surface area contributed by atoms with E-state index in [2.05, 4.69) is 15.0 Å². The number of nitrogens with one attached hydrogen (secondary N) is 2. The maximum Gasteiger partial charge on any atom is 0.434 e. The number of ether oxygens (including phenoxy) is 1. The van der Waals surface area contributed by atoms with Gasteiger partial charge in [0.05, 0.1) is 12.2 Å². The van der Waals surface area contributed by atoms with Crippen molar-refractivity contribution in [1.82, 2.24) is 9.71 Å². The van der Waals surface area contributed by atoms with Gasteiger partial charge >= 0.3 is 12.3 Å². The number of hydrogen-bond acceptors (Lipinski definition) is 5. The molecule has 144 valence electrons. The fraction of sp³-hybridized carbons (Fsp3) is 0.200. The molecule has 1 unspecified atom stereocenters. The summed E-state index contributed by atoms with van der Waals surface area (Å²) >= 11 is 5.79. The monoisotopic (exact) mass is 421 g/mol. The van der Waals surface area contributed by atoms with Crippen molar-refractivity contribution in [2.24, 2.45) is 0 Å². The molecule has 12 heteroatoms. The number of amides is 1. The molecule has 1 atom stereocenters. The Balaban J connectivity index is 2.06. The Labute approximate surface area is 156 Å². The Bertz CT molecular complexity index is 986. The summed E-state index contributed by atoms with van der Waals surface area (Å²) in [6, 6.07) is 7.33. The first-order valence-corrected chi connectivity index (χ1v) is 9.19. The van der Waals surface area contributed by atoms with Crippen LogP contribution in [-0.2, 0) is 20.4 Å². The lowest BCUT2D eigenvalue weighted by Crippen LogP contribution is -2.56. The molecular weight excluding hydrogens is 411 g/mol. The van der Waals surface area contributed by atoms with E-state index in [1.807, 2.05) is 4.72 Å². The second kappa shape index (κ2) is 6.66. The van der Waals surface area contributed by atoms with E-state index in [4.69, 9.17) is 11.6 Å². The third-order valence-electron chi connectivity index (χ3n) is 3.80. The standard InChI is InChI=1S/C15H11ClF3N3O4S/c16-9-4-5-11-10(7-9)14(15(17,18)19,26-13(23)22-11)8-21-27(24,25)12-3-1-2-6-20-12/h1-7,21H,8H2,(H,22,23). The number of benzene rings is 1. The lowest BCUT2D eigenvalue weighted by Gasteiger charge is -2.39. The van der Waals surface area contributed by atoms with Crippen LogP contribution in [0.5, 0.6) is 0 Å².